The summed E-state index contributed by atoms with van der Waals surface area (Å²) in [5, 5.41) is 6.02. The number of carbonyl (C=O) groups excluding carboxylic acids is 3. The molecule has 0 aliphatic heterocycles. The Labute approximate surface area is 196 Å². The summed E-state index contributed by atoms with van der Waals surface area (Å²) in [7, 11) is 0. The topological polar surface area (TPSA) is 119 Å². The number of benzene rings is 2. The van der Waals surface area contributed by atoms with Crippen molar-refractivity contribution in [3.8, 4) is 0 Å². The van der Waals surface area contributed by atoms with Gasteiger partial charge in [0.05, 0.1) is 28.5 Å². The zero-order valence-electron chi connectivity index (χ0n) is 18.9. The third-order valence-corrected chi connectivity index (χ3v) is 5.86. The Hall–Kier alpha value is -4.01. The molecule has 1 aromatic heterocycles. The largest absolute Gasteiger partial charge is 0.454 e. The maximum absolute atomic E-state index is 12.6. The second-order valence-electron chi connectivity index (χ2n) is 8.36. The van der Waals surface area contributed by atoms with Crippen molar-refractivity contribution in [1.82, 2.24) is 14.9 Å². The number of amides is 2. The van der Waals surface area contributed by atoms with Crippen molar-refractivity contribution in [3.05, 3.63) is 70.3 Å². The summed E-state index contributed by atoms with van der Waals surface area (Å²) in [6.07, 6.45) is 5.38. The zero-order chi connectivity index (χ0) is 24.1. The van der Waals surface area contributed by atoms with E-state index < -0.39 is 18.5 Å². The Kier molecular flexibility index (Phi) is 7.01. The van der Waals surface area contributed by atoms with E-state index in [1.165, 1.54) is 6.33 Å². The van der Waals surface area contributed by atoms with Gasteiger partial charge in [0.2, 0.25) is 0 Å². The maximum atomic E-state index is 12.6. The standard InChI is InChI=1S/C25H26N4O5/c1-16-7-6-11-19-23(16)26-15-29(25(19)33)13-22(31)34-14-21(30)28-20-12-5-4-10-18(20)24(32)27-17-8-2-3-9-17/h4-7,10-12,15,17H,2-3,8-9,13-14H2,1H3,(H,27,32)(H,28,30). The van der Waals surface area contributed by atoms with Gasteiger partial charge in [0.25, 0.3) is 17.4 Å². The zero-order valence-corrected chi connectivity index (χ0v) is 18.9. The molecule has 176 valence electrons. The average molecular weight is 463 g/mol. The summed E-state index contributed by atoms with van der Waals surface area (Å²) >= 11 is 0. The Balaban J connectivity index is 1.34. The van der Waals surface area contributed by atoms with E-state index in [9.17, 15) is 19.2 Å². The smallest absolute Gasteiger partial charge is 0.326 e. The number of nitrogens with zero attached hydrogens (tertiary/aromatic N) is 2. The molecular weight excluding hydrogens is 436 g/mol. The van der Waals surface area contributed by atoms with Crippen LogP contribution in [0, 0.1) is 6.92 Å². The summed E-state index contributed by atoms with van der Waals surface area (Å²) in [6.45, 7) is 0.929. The first-order valence-electron chi connectivity index (χ1n) is 11.2. The minimum absolute atomic E-state index is 0.147. The maximum Gasteiger partial charge on any atom is 0.326 e. The lowest BCUT2D eigenvalue weighted by atomic mass is 10.1. The normalized spacial score (nSPS) is 13.6. The molecule has 1 aliphatic carbocycles. The van der Waals surface area contributed by atoms with Crippen molar-refractivity contribution in [2.45, 2.75) is 45.2 Å². The lowest BCUT2D eigenvalue weighted by Crippen LogP contribution is -2.33. The van der Waals surface area contributed by atoms with Crippen LogP contribution in [0.4, 0.5) is 5.69 Å². The van der Waals surface area contributed by atoms with Crippen molar-refractivity contribution in [2.24, 2.45) is 0 Å². The number of anilines is 1. The van der Waals surface area contributed by atoms with Gasteiger partial charge in [-0.2, -0.15) is 0 Å². The molecule has 0 unspecified atom stereocenters. The van der Waals surface area contributed by atoms with Crippen LogP contribution in [0.1, 0.15) is 41.6 Å². The molecule has 4 rings (SSSR count). The highest BCUT2D eigenvalue weighted by atomic mass is 16.5. The van der Waals surface area contributed by atoms with Gasteiger partial charge in [-0.1, -0.05) is 37.1 Å². The molecule has 0 radical (unpaired) electrons. The molecule has 0 atom stereocenters. The number of hydrogen-bond donors (Lipinski definition) is 2. The van der Waals surface area contributed by atoms with Crippen LogP contribution in [-0.2, 0) is 20.9 Å². The highest BCUT2D eigenvalue weighted by molar-refractivity contribution is 6.04. The van der Waals surface area contributed by atoms with Crippen molar-refractivity contribution in [2.75, 3.05) is 11.9 Å². The molecule has 1 aliphatic rings. The fraction of sp³-hybridized carbons (Fsp3) is 0.320. The predicted octanol–water partition coefficient (Wildman–Crippen LogP) is 2.56. The van der Waals surface area contributed by atoms with Gasteiger partial charge in [0, 0.05) is 6.04 Å². The van der Waals surface area contributed by atoms with Crippen LogP contribution in [0.2, 0.25) is 0 Å². The molecule has 3 aromatic rings. The van der Waals surface area contributed by atoms with Gasteiger partial charge >= 0.3 is 5.97 Å². The molecule has 0 saturated heterocycles. The van der Waals surface area contributed by atoms with Crippen molar-refractivity contribution in [3.63, 3.8) is 0 Å². The monoisotopic (exact) mass is 462 g/mol. The SMILES string of the molecule is Cc1cccc2c(=O)n(CC(=O)OCC(=O)Nc3ccccc3C(=O)NC3CCCC3)cnc12. The van der Waals surface area contributed by atoms with E-state index >= 15 is 0 Å². The number of para-hydroxylation sites is 2. The molecule has 2 aromatic carbocycles. The number of ether oxygens (including phenoxy) is 1. The summed E-state index contributed by atoms with van der Waals surface area (Å²) in [6, 6.07) is 12.1. The molecule has 1 saturated carbocycles. The molecule has 9 nitrogen and oxygen atoms in total. The molecule has 2 N–H and O–H groups in total. The van der Waals surface area contributed by atoms with Gasteiger partial charge < -0.3 is 15.4 Å². The second-order valence-corrected chi connectivity index (χ2v) is 8.36. The van der Waals surface area contributed by atoms with Crippen LogP contribution in [0.3, 0.4) is 0 Å². The predicted molar refractivity (Wildman–Crippen MR) is 126 cm³/mol. The molecule has 9 heteroatoms. The lowest BCUT2D eigenvalue weighted by Gasteiger charge is -2.15. The van der Waals surface area contributed by atoms with Crippen LogP contribution in [0.5, 0.6) is 0 Å². The third kappa shape index (κ3) is 5.31. The van der Waals surface area contributed by atoms with E-state index in [0.29, 0.717) is 22.2 Å². The number of nitrogens with one attached hydrogen (secondary N) is 2. The number of hydrogen-bond acceptors (Lipinski definition) is 6. The fourth-order valence-corrected chi connectivity index (χ4v) is 4.09. The number of aromatic nitrogens is 2. The number of aryl methyl sites for hydroxylation is 1. The molecule has 1 heterocycles. The first kappa shape index (κ1) is 23.2. The number of fused-ring (bicyclic) bond motifs is 1. The van der Waals surface area contributed by atoms with Crippen LogP contribution in [0.15, 0.2) is 53.6 Å². The van der Waals surface area contributed by atoms with Gasteiger partial charge in [0.1, 0.15) is 6.54 Å². The molecule has 2 amide bonds. The van der Waals surface area contributed by atoms with Crippen LogP contribution in [0.25, 0.3) is 10.9 Å². The van der Waals surface area contributed by atoms with E-state index in [1.807, 2.05) is 13.0 Å². The Morgan fingerprint density at radius 1 is 1.09 bits per heavy atom. The third-order valence-electron chi connectivity index (χ3n) is 5.86. The molecule has 1 fully saturated rings. The molecular formula is C25H26N4O5. The Morgan fingerprint density at radius 2 is 1.85 bits per heavy atom. The minimum atomic E-state index is -0.752. The fourth-order valence-electron chi connectivity index (χ4n) is 4.09. The highest BCUT2D eigenvalue weighted by Gasteiger charge is 2.20. The van der Waals surface area contributed by atoms with Crippen LogP contribution >= 0.6 is 0 Å². The van der Waals surface area contributed by atoms with E-state index in [2.05, 4.69) is 15.6 Å². The molecule has 34 heavy (non-hydrogen) atoms. The van der Waals surface area contributed by atoms with Gasteiger partial charge in [-0.25, -0.2) is 4.98 Å². The van der Waals surface area contributed by atoms with Gasteiger partial charge in [-0.3, -0.25) is 23.7 Å². The van der Waals surface area contributed by atoms with Gasteiger partial charge in [0.15, 0.2) is 6.61 Å². The molecule has 0 spiro atoms. The van der Waals surface area contributed by atoms with E-state index in [-0.39, 0.29) is 24.1 Å². The summed E-state index contributed by atoms with van der Waals surface area (Å²) < 4.78 is 6.18. The van der Waals surface area contributed by atoms with Crippen molar-refractivity contribution in [1.29, 1.82) is 0 Å². The van der Waals surface area contributed by atoms with Crippen molar-refractivity contribution >= 4 is 34.4 Å². The van der Waals surface area contributed by atoms with Crippen LogP contribution < -0.4 is 16.2 Å². The van der Waals surface area contributed by atoms with Crippen LogP contribution in [-0.4, -0.2) is 40.0 Å². The van der Waals surface area contributed by atoms with Gasteiger partial charge in [-0.05, 0) is 43.5 Å². The first-order valence-corrected chi connectivity index (χ1v) is 11.2. The Morgan fingerprint density at radius 3 is 2.65 bits per heavy atom. The summed E-state index contributed by atoms with van der Waals surface area (Å²) in [5.41, 5.74) is 1.75. The second kappa shape index (κ2) is 10.3. The van der Waals surface area contributed by atoms with E-state index in [4.69, 9.17) is 4.74 Å². The summed E-state index contributed by atoms with van der Waals surface area (Å²) in [5.74, 6) is -1.59. The summed E-state index contributed by atoms with van der Waals surface area (Å²) in [4.78, 5) is 54.1. The average Bonchev–Trinajstić information content (AvgIpc) is 3.33. The van der Waals surface area contributed by atoms with E-state index in [0.717, 1.165) is 35.8 Å². The highest BCUT2D eigenvalue weighted by Crippen LogP contribution is 2.20. The number of carbonyl (C=O) groups is 3. The van der Waals surface area contributed by atoms with Gasteiger partial charge in [-0.15, -0.1) is 0 Å². The number of esters is 1. The Bertz CT molecular complexity index is 1290. The first-order chi connectivity index (χ1) is 16.4. The number of rotatable bonds is 7. The molecule has 0 bridgehead atoms. The van der Waals surface area contributed by atoms with E-state index in [1.54, 1.807) is 36.4 Å². The lowest BCUT2D eigenvalue weighted by molar-refractivity contribution is -0.147. The minimum Gasteiger partial charge on any atom is -0.454 e. The quantitative estimate of drug-likeness (QED) is 0.521. The van der Waals surface area contributed by atoms with Crippen molar-refractivity contribution < 1.29 is 19.1 Å².